The maximum atomic E-state index is 2.60. The number of nitrogens with zero attached hydrogens (tertiary/aromatic N) is 2. The smallest absolute Gasteiger partial charge is 0.264 e. The fourth-order valence-electron chi connectivity index (χ4n) is 11.1. The van der Waals surface area contributed by atoms with Crippen molar-refractivity contribution in [3.05, 3.63) is 210 Å². The maximum Gasteiger partial charge on any atom is 0.264 e. The van der Waals surface area contributed by atoms with Crippen LogP contribution in [-0.4, -0.2) is 6.71 Å². The normalized spacial score (nSPS) is 14.6. The number of para-hydroxylation sites is 2. The third-order valence-electron chi connectivity index (χ3n) is 13.4. The maximum absolute atomic E-state index is 2.60. The van der Waals surface area contributed by atoms with E-state index >= 15 is 0 Å². The summed E-state index contributed by atoms with van der Waals surface area (Å²) in [6.45, 7) is 4.62. The number of anilines is 6. The van der Waals surface area contributed by atoms with E-state index in [1.54, 1.807) is 0 Å². The van der Waals surface area contributed by atoms with Crippen molar-refractivity contribution in [1.82, 2.24) is 0 Å². The Bertz CT molecular complexity index is 3130. The summed E-state index contributed by atoms with van der Waals surface area (Å²) in [6, 6.07) is 68.9. The van der Waals surface area contributed by atoms with Crippen LogP contribution < -0.4 is 25.5 Å². The second kappa shape index (κ2) is 11.7. The Morgan fingerprint density at radius 1 is 0.483 bits per heavy atom. The molecule has 0 saturated heterocycles. The summed E-state index contributed by atoms with van der Waals surface area (Å²) in [5, 5.41) is 1.32. The minimum absolute atomic E-state index is 0.0879. The molecule has 8 aromatic carbocycles. The number of rotatable bonds is 3. The molecule has 4 aliphatic rings. The zero-order valence-electron chi connectivity index (χ0n) is 32.3. The summed E-state index contributed by atoms with van der Waals surface area (Å²) >= 11 is 1.99. The predicted octanol–water partition coefficient (Wildman–Crippen LogP) is 12.5. The quantitative estimate of drug-likeness (QED) is 0.166. The summed E-state index contributed by atoms with van der Waals surface area (Å²) in [4.78, 5) is 5.08. The Labute approximate surface area is 343 Å². The van der Waals surface area contributed by atoms with Gasteiger partial charge in [0, 0.05) is 43.3 Å². The van der Waals surface area contributed by atoms with E-state index in [-0.39, 0.29) is 6.71 Å². The molecule has 0 N–H and O–H groups in total. The van der Waals surface area contributed by atoms with Gasteiger partial charge in [0.25, 0.3) is 6.71 Å². The molecule has 2 aliphatic carbocycles. The lowest BCUT2D eigenvalue weighted by Gasteiger charge is -2.43. The largest absolute Gasteiger partial charge is 0.311 e. The molecule has 0 amide bonds. The Balaban J connectivity index is 1.12. The van der Waals surface area contributed by atoms with E-state index < -0.39 is 5.41 Å². The van der Waals surface area contributed by atoms with E-state index in [4.69, 9.17) is 0 Å². The highest BCUT2D eigenvalue weighted by Crippen LogP contribution is 2.64. The van der Waals surface area contributed by atoms with Crippen molar-refractivity contribution < 1.29 is 0 Å². The van der Waals surface area contributed by atoms with Crippen LogP contribution >= 0.6 is 11.3 Å². The van der Waals surface area contributed by atoms with Crippen molar-refractivity contribution >= 4 is 78.0 Å². The van der Waals surface area contributed by atoms with Gasteiger partial charge in [-0.1, -0.05) is 141 Å². The second-order valence-electron chi connectivity index (χ2n) is 16.5. The lowest BCUT2D eigenvalue weighted by Crippen LogP contribution is -2.60. The molecule has 2 aliphatic heterocycles. The molecule has 4 heteroatoms. The van der Waals surface area contributed by atoms with Crippen LogP contribution in [0.25, 0.3) is 32.3 Å². The fourth-order valence-corrected chi connectivity index (χ4v) is 12.4. The van der Waals surface area contributed by atoms with Crippen LogP contribution in [0.3, 0.4) is 0 Å². The second-order valence-corrected chi connectivity index (χ2v) is 17.6. The van der Waals surface area contributed by atoms with Gasteiger partial charge in [-0.2, -0.15) is 0 Å². The minimum Gasteiger partial charge on any atom is -0.311 e. The van der Waals surface area contributed by atoms with Crippen LogP contribution in [0.1, 0.15) is 47.6 Å². The van der Waals surface area contributed by atoms with Crippen molar-refractivity contribution in [3.8, 4) is 22.3 Å². The van der Waals surface area contributed by atoms with E-state index in [0.717, 1.165) is 0 Å². The lowest BCUT2D eigenvalue weighted by molar-refractivity contribution is 0.795. The van der Waals surface area contributed by atoms with E-state index in [9.17, 15) is 0 Å². The summed E-state index contributed by atoms with van der Waals surface area (Å²) < 4.78 is 2.73. The van der Waals surface area contributed by atoms with Crippen molar-refractivity contribution in [1.29, 1.82) is 0 Å². The minimum atomic E-state index is -0.400. The van der Waals surface area contributed by atoms with Crippen LogP contribution in [-0.2, 0) is 5.41 Å². The van der Waals surface area contributed by atoms with Crippen molar-refractivity contribution in [2.24, 2.45) is 0 Å². The molecule has 0 unspecified atom stereocenters. The van der Waals surface area contributed by atoms with Gasteiger partial charge in [0.15, 0.2) is 0 Å². The first-order valence-electron chi connectivity index (χ1n) is 20.5. The van der Waals surface area contributed by atoms with Gasteiger partial charge in [-0.05, 0) is 122 Å². The highest BCUT2D eigenvalue weighted by molar-refractivity contribution is 7.33. The molecular formula is C54H37BN2S. The molecular weight excluding hydrogens is 719 g/mol. The first kappa shape index (κ1) is 32.5. The Hall–Kier alpha value is -6.62. The van der Waals surface area contributed by atoms with Crippen molar-refractivity contribution in [2.75, 3.05) is 9.80 Å². The van der Waals surface area contributed by atoms with Crippen molar-refractivity contribution in [3.63, 3.8) is 0 Å². The predicted molar refractivity (Wildman–Crippen MR) is 246 cm³/mol. The number of benzene rings is 8. The molecule has 13 rings (SSSR count). The van der Waals surface area contributed by atoms with Gasteiger partial charge in [0.2, 0.25) is 0 Å². The van der Waals surface area contributed by atoms with Crippen LogP contribution in [0.4, 0.5) is 34.1 Å². The summed E-state index contributed by atoms with van der Waals surface area (Å²) in [7, 11) is 0. The molecule has 0 bridgehead atoms. The first-order valence-corrected chi connectivity index (χ1v) is 21.3. The molecule has 1 aromatic heterocycles. The molecule has 0 saturated carbocycles. The molecule has 3 heterocycles. The third-order valence-corrected chi connectivity index (χ3v) is 14.6. The van der Waals surface area contributed by atoms with Crippen molar-refractivity contribution in [2.45, 2.75) is 25.2 Å². The SMILES string of the molecule is CC(C)c1ccc(N2c3ccccc3B3c4sc5cc6c(cc5c4N(c4ccccc4)c4cccc2c43)C2(c3ccccc3-c3ccccc32)c2ccccc2-6)cc1. The van der Waals surface area contributed by atoms with Gasteiger partial charge in [-0.3, -0.25) is 0 Å². The average molecular weight is 757 g/mol. The van der Waals surface area contributed by atoms with Crippen LogP contribution in [0.2, 0.25) is 0 Å². The zero-order chi connectivity index (χ0) is 38.3. The van der Waals surface area contributed by atoms with Gasteiger partial charge in [-0.15, -0.1) is 11.3 Å². The van der Waals surface area contributed by atoms with Crippen LogP contribution in [0.5, 0.6) is 0 Å². The molecule has 272 valence electrons. The standard InChI is InChI=1S/C54H37BN2S/c1-33(2)34-27-29-36(30-28-34)56-47-24-13-12-23-46(47)55-51-48(56)25-14-26-49(51)57(35-15-4-3-5-16-35)52-41-31-45-40(32-50(41)58-53(52)55)39-19-8-11-22-44(39)54(45)42-20-9-6-17-37(42)38-18-7-10-21-43(38)54/h3-33H,1-2H3. The van der Waals surface area contributed by atoms with Crippen LogP contribution in [0.15, 0.2) is 182 Å². The van der Waals surface area contributed by atoms with E-state index in [1.807, 2.05) is 11.3 Å². The molecule has 2 nitrogen and oxygen atoms in total. The summed E-state index contributed by atoms with van der Waals surface area (Å²) in [6.07, 6.45) is 0. The number of thiophene rings is 1. The molecule has 0 radical (unpaired) electrons. The van der Waals surface area contributed by atoms with Crippen LogP contribution in [0, 0.1) is 0 Å². The third kappa shape index (κ3) is 4.03. The molecule has 1 spiro atoms. The van der Waals surface area contributed by atoms with E-state index in [2.05, 4.69) is 206 Å². The highest BCUT2D eigenvalue weighted by atomic mass is 32.1. The highest BCUT2D eigenvalue weighted by Gasteiger charge is 2.52. The lowest BCUT2D eigenvalue weighted by atomic mass is 9.36. The Kier molecular flexibility index (Phi) is 6.56. The van der Waals surface area contributed by atoms with Gasteiger partial charge >= 0.3 is 0 Å². The van der Waals surface area contributed by atoms with Gasteiger partial charge < -0.3 is 9.80 Å². The summed E-state index contributed by atoms with van der Waals surface area (Å²) in [5.41, 5.74) is 22.0. The van der Waals surface area contributed by atoms with Gasteiger partial charge in [0.05, 0.1) is 11.1 Å². The molecule has 9 aromatic rings. The monoisotopic (exact) mass is 756 g/mol. The Morgan fingerprint density at radius 3 is 1.71 bits per heavy atom. The number of hydrogen-bond donors (Lipinski definition) is 0. The number of hydrogen-bond acceptors (Lipinski definition) is 3. The fraction of sp³-hybridized carbons (Fsp3) is 0.0741. The molecule has 0 atom stereocenters. The zero-order valence-corrected chi connectivity index (χ0v) is 33.1. The first-order chi connectivity index (χ1) is 28.6. The molecule has 58 heavy (non-hydrogen) atoms. The Morgan fingerprint density at radius 2 is 1.03 bits per heavy atom. The topological polar surface area (TPSA) is 6.48 Å². The van der Waals surface area contributed by atoms with E-state index in [1.165, 1.54) is 110 Å². The summed E-state index contributed by atoms with van der Waals surface area (Å²) in [5.74, 6) is 0.477. The van der Waals surface area contributed by atoms with Gasteiger partial charge in [0.1, 0.15) is 0 Å². The van der Waals surface area contributed by atoms with Gasteiger partial charge in [-0.25, -0.2) is 0 Å². The molecule has 0 fully saturated rings. The van der Waals surface area contributed by atoms with E-state index in [0.29, 0.717) is 5.92 Å². The number of fused-ring (bicyclic) bond motifs is 16. The average Bonchev–Trinajstić information content (AvgIpc) is 3.89.